The Kier molecular flexibility index (Phi) is 6.26. The third kappa shape index (κ3) is 4.60. The number of halogens is 1. The summed E-state index contributed by atoms with van der Waals surface area (Å²) >= 11 is 0. The summed E-state index contributed by atoms with van der Waals surface area (Å²) in [5.41, 5.74) is 2.51. The van der Waals surface area contributed by atoms with E-state index in [1.54, 1.807) is 12.1 Å². The molecule has 2 aromatic rings. The molecular formula is C20H22ClN3O4S. The topological polar surface area (TPSA) is 95.6 Å². The zero-order chi connectivity index (χ0) is 19.7. The SMILES string of the molecule is Cl.O=C(NS(=O)(=O)C1CCN(Cc2ccccc2)C1)c1ccc2c(c1)C(=O)NC2. The lowest BCUT2D eigenvalue weighted by atomic mass is 10.1. The van der Waals surface area contributed by atoms with Gasteiger partial charge in [-0.05, 0) is 36.2 Å². The molecule has 4 rings (SSSR count). The van der Waals surface area contributed by atoms with E-state index in [1.165, 1.54) is 6.07 Å². The van der Waals surface area contributed by atoms with Crippen LogP contribution < -0.4 is 10.0 Å². The third-order valence-electron chi connectivity index (χ3n) is 5.21. The Hall–Kier alpha value is -2.42. The molecular weight excluding hydrogens is 414 g/mol. The number of nitrogens with zero attached hydrogens (tertiary/aromatic N) is 1. The van der Waals surface area contributed by atoms with Gasteiger partial charge in [0.25, 0.3) is 11.8 Å². The zero-order valence-corrected chi connectivity index (χ0v) is 17.3. The molecule has 1 unspecified atom stereocenters. The smallest absolute Gasteiger partial charge is 0.264 e. The highest BCUT2D eigenvalue weighted by Gasteiger charge is 2.34. The average molecular weight is 436 g/mol. The molecule has 29 heavy (non-hydrogen) atoms. The van der Waals surface area contributed by atoms with Crippen LogP contribution in [-0.2, 0) is 23.1 Å². The van der Waals surface area contributed by atoms with E-state index in [4.69, 9.17) is 0 Å². The number of benzene rings is 2. The number of likely N-dealkylation sites (tertiary alicyclic amines) is 1. The van der Waals surface area contributed by atoms with Crippen molar-refractivity contribution in [2.75, 3.05) is 13.1 Å². The fraction of sp³-hybridized carbons (Fsp3) is 0.300. The van der Waals surface area contributed by atoms with E-state index in [2.05, 4.69) is 14.9 Å². The van der Waals surface area contributed by atoms with Crippen LogP contribution >= 0.6 is 12.4 Å². The monoisotopic (exact) mass is 435 g/mol. The van der Waals surface area contributed by atoms with Crippen LogP contribution in [0.25, 0.3) is 0 Å². The molecule has 2 amide bonds. The fourth-order valence-electron chi connectivity index (χ4n) is 3.66. The van der Waals surface area contributed by atoms with Gasteiger partial charge in [-0.25, -0.2) is 13.1 Å². The van der Waals surface area contributed by atoms with Crippen molar-refractivity contribution in [1.29, 1.82) is 0 Å². The Balaban J connectivity index is 0.00000240. The number of rotatable bonds is 5. The summed E-state index contributed by atoms with van der Waals surface area (Å²) in [5, 5.41) is 2.03. The van der Waals surface area contributed by atoms with Crippen LogP contribution in [0.5, 0.6) is 0 Å². The maximum absolute atomic E-state index is 12.7. The lowest BCUT2D eigenvalue weighted by Crippen LogP contribution is -2.39. The number of nitrogens with one attached hydrogen (secondary N) is 2. The van der Waals surface area contributed by atoms with Gasteiger partial charge in [0.15, 0.2) is 0 Å². The van der Waals surface area contributed by atoms with Crippen molar-refractivity contribution in [1.82, 2.24) is 14.9 Å². The van der Waals surface area contributed by atoms with Crippen molar-refractivity contribution in [2.45, 2.75) is 24.8 Å². The molecule has 0 saturated carbocycles. The van der Waals surface area contributed by atoms with E-state index in [1.807, 2.05) is 30.3 Å². The van der Waals surface area contributed by atoms with Gasteiger partial charge < -0.3 is 5.32 Å². The number of carbonyl (C=O) groups is 2. The first-order valence-corrected chi connectivity index (χ1v) is 10.7. The first-order chi connectivity index (χ1) is 13.4. The summed E-state index contributed by atoms with van der Waals surface area (Å²) in [7, 11) is -3.80. The largest absolute Gasteiger partial charge is 0.348 e. The van der Waals surface area contributed by atoms with E-state index < -0.39 is 21.2 Å². The quantitative estimate of drug-likeness (QED) is 0.745. The number of hydrogen-bond acceptors (Lipinski definition) is 5. The number of fused-ring (bicyclic) bond motifs is 1. The van der Waals surface area contributed by atoms with E-state index in [0.717, 1.165) is 11.1 Å². The van der Waals surface area contributed by atoms with Gasteiger partial charge in [0.2, 0.25) is 10.0 Å². The Morgan fingerprint density at radius 3 is 2.69 bits per heavy atom. The van der Waals surface area contributed by atoms with E-state index in [-0.39, 0.29) is 23.9 Å². The molecule has 7 nitrogen and oxygen atoms in total. The fourth-order valence-corrected chi connectivity index (χ4v) is 5.03. The maximum Gasteiger partial charge on any atom is 0.264 e. The van der Waals surface area contributed by atoms with Gasteiger partial charge >= 0.3 is 0 Å². The Morgan fingerprint density at radius 1 is 1.17 bits per heavy atom. The van der Waals surface area contributed by atoms with Gasteiger partial charge in [0, 0.05) is 30.8 Å². The normalized spacial score (nSPS) is 18.6. The van der Waals surface area contributed by atoms with Gasteiger partial charge in [-0.1, -0.05) is 36.4 Å². The number of sulfonamides is 1. The highest BCUT2D eigenvalue weighted by atomic mass is 35.5. The van der Waals surface area contributed by atoms with Crippen molar-refractivity contribution in [2.24, 2.45) is 0 Å². The molecule has 2 N–H and O–H groups in total. The summed E-state index contributed by atoms with van der Waals surface area (Å²) in [5.74, 6) is -0.955. The van der Waals surface area contributed by atoms with E-state index >= 15 is 0 Å². The van der Waals surface area contributed by atoms with Crippen molar-refractivity contribution in [3.05, 3.63) is 70.8 Å². The molecule has 1 atom stereocenters. The molecule has 2 aliphatic rings. The van der Waals surface area contributed by atoms with Crippen LogP contribution in [0.1, 0.15) is 38.3 Å². The second-order valence-electron chi connectivity index (χ2n) is 7.16. The third-order valence-corrected chi connectivity index (χ3v) is 6.94. The van der Waals surface area contributed by atoms with Crippen molar-refractivity contribution in [3.63, 3.8) is 0 Å². The van der Waals surface area contributed by atoms with Gasteiger partial charge in [-0.2, -0.15) is 0 Å². The minimum Gasteiger partial charge on any atom is -0.348 e. The first kappa shape index (κ1) is 21.3. The Morgan fingerprint density at radius 2 is 1.93 bits per heavy atom. The first-order valence-electron chi connectivity index (χ1n) is 9.16. The summed E-state index contributed by atoms with van der Waals surface area (Å²) in [6, 6.07) is 14.5. The molecule has 1 saturated heterocycles. The van der Waals surface area contributed by atoms with E-state index in [9.17, 15) is 18.0 Å². The lowest BCUT2D eigenvalue weighted by molar-refractivity contribution is 0.0965. The molecule has 0 spiro atoms. The van der Waals surface area contributed by atoms with Gasteiger partial charge in [0.05, 0.1) is 5.25 Å². The summed E-state index contributed by atoms with van der Waals surface area (Å²) in [6.45, 7) is 2.15. The molecule has 154 valence electrons. The van der Waals surface area contributed by atoms with Crippen LogP contribution in [0.4, 0.5) is 0 Å². The predicted octanol–water partition coefficient (Wildman–Crippen LogP) is 1.69. The number of carbonyl (C=O) groups excluding carboxylic acids is 2. The standard InChI is InChI=1S/C20H21N3O4S.ClH/c24-19(15-6-7-16-11-21-20(25)18(16)10-15)22-28(26,27)17-8-9-23(13-17)12-14-4-2-1-3-5-14;/h1-7,10,17H,8-9,11-13H2,(H,21,25)(H,22,24);1H. The maximum atomic E-state index is 12.7. The Labute approximate surface area is 175 Å². The second kappa shape index (κ2) is 8.52. The van der Waals surface area contributed by atoms with Gasteiger partial charge in [-0.15, -0.1) is 12.4 Å². The second-order valence-corrected chi connectivity index (χ2v) is 9.12. The van der Waals surface area contributed by atoms with Gasteiger partial charge in [-0.3, -0.25) is 14.5 Å². The van der Waals surface area contributed by atoms with Crippen LogP contribution in [0, 0.1) is 0 Å². The van der Waals surface area contributed by atoms with Crippen LogP contribution in [0.3, 0.4) is 0 Å². The van der Waals surface area contributed by atoms with Crippen molar-refractivity contribution in [3.8, 4) is 0 Å². The molecule has 2 aliphatic heterocycles. The molecule has 0 aromatic heterocycles. The van der Waals surface area contributed by atoms with Crippen LogP contribution in [-0.4, -0.2) is 43.5 Å². The highest BCUT2D eigenvalue weighted by molar-refractivity contribution is 7.90. The summed E-state index contributed by atoms with van der Waals surface area (Å²) in [4.78, 5) is 26.3. The number of amides is 2. The molecule has 2 heterocycles. The average Bonchev–Trinajstić information content (AvgIpc) is 3.30. The Bertz CT molecular complexity index is 1030. The minimum atomic E-state index is -3.80. The highest BCUT2D eigenvalue weighted by Crippen LogP contribution is 2.20. The molecule has 2 aromatic carbocycles. The minimum absolute atomic E-state index is 0. The van der Waals surface area contributed by atoms with Crippen molar-refractivity contribution < 1.29 is 18.0 Å². The summed E-state index contributed by atoms with van der Waals surface area (Å²) < 4.78 is 27.5. The van der Waals surface area contributed by atoms with Crippen LogP contribution in [0.15, 0.2) is 48.5 Å². The summed E-state index contributed by atoms with van der Waals surface area (Å²) in [6.07, 6.45) is 0.474. The lowest BCUT2D eigenvalue weighted by Gasteiger charge is -2.16. The number of hydrogen-bond donors (Lipinski definition) is 2. The molecule has 0 aliphatic carbocycles. The molecule has 9 heteroatoms. The molecule has 0 radical (unpaired) electrons. The van der Waals surface area contributed by atoms with E-state index in [0.29, 0.717) is 38.2 Å². The predicted molar refractivity (Wildman–Crippen MR) is 111 cm³/mol. The van der Waals surface area contributed by atoms with Crippen LogP contribution in [0.2, 0.25) is 0 Å². The van der Waals surface area contributed by atoms with Crippen molar-refractivity contribution >= 4 is 34.2 Å². The van der Waals surface area contributed by atoms with Gasteiger partial charge in [0.1, 0.15) is 0 Å². The zero-order valence-electron chi connectivity index (χ0n) is 15.6. The molecule has 0 bridgehead atoms. The molecule has 1 fully saturated rings.